The van der Waals surface area contributed by atoms with Gasteiger partial charge in [-0.05, 0) is 32.0 Å². The Kier molecular flexibility index (Phi) is 6.97. The number of ether oxygens (including phenoxy) is 1. The summed E-state index contributed by atoms with van der Waals surface area (Å²) in [5.41, 5.74) is -0.686. The summed E-state index contributed by atoms with van der Waals surface area (Å²) in [6.07, 6.45) is -1.35. The molecular formula is C20H18ClF4N5O2. The van der Waals surface area contributed by atoms with Crippen LogP contribution in [0.4, 0.5) is 17.6 Å². The van der Waals surface area contributed by atoms with Crippen molar-refractivity contribution in [3.8, 4) is 11.6 Å². The Morgan fingerprint density at radius 3 is 2.56 bits per heavy atom. The SMILES string of the molecule is CCN(C(=O)c1cccc(Cl)c1-n1nccn1)[C@@H](C)COc1ncc(C(F)(F)F)cc1F. The summed E-state index contributed by atoms with van der Waals surface area (Å²) in [4.78, 5) is 19.3. The zero-order valence-electron chi connectivity index (χ0n) is 17.0. The second-order valence-corrected chi connectivity index (χ2v) is 7.12. The molecule has 170 valence electrons. The van der Waals surface area contributed by atoms with E-state index in [1.807, 2.05) is 0 Å². The number of hydrogen-bond donors (Lipinski definition) is 0. The van der Waals surface area contributed by atoms with Gasteiger partial charge in [0.05, 0.1) is 34.6 Å². The number of carbonyl (C=O) groups is 1. The molecule has 0 N–H and O–H groups in total. The minimum absolute atomic E-state index is 0.204. The van der Waals surface area contributed by atoms with E-state index in [9.17, 15) is 22.4 Å². The number of pyridine rings is 1. The van der Waals surface area contributed by atoms with Crippen molar-refractivity contribution in [2.75, 3.05) is 13.2 Å². The third-order valence-corrected chi connectivity index (χ3v) is 4.87. The van der Waals surface area contributed by atoms with Crippen LogP contribution in [0, 0.1) is 5.82 Å². The number of hydrogen-bond acceptors (Lipinski definition) is 5. The summed E-state index contributed by atoms with van der Waals surface area (Å²) >= 11 is 6.27. The van der Waals surface area contributed by atoms with Gasteiger partial charge in [0.15, 0.2) is 5.82 Å². The first-order valence-electron chi connectivity index (χ1n) is 9.45. The minimum atomic E-state index is -4.72. The number of likely N-dealkylation sites (N-methyl/N-ethyl adjacent to an activating group) is 1. The molecule has 7 nitrogen and oxygen atoms in total. The van der Waals surface area contributed by atoms with Crippen LogP contribution in [0.25, 0.3) is 5.69 Å². The topological polar surface area (TPSA) is 73.1 Å². The molecule has 0 aliphatic heterocycles. The van der Waals surface area contributed by atoms with Crippen molar-refractivity contribution >= 4 is 17.5 Å². The summed E-state index contributed by atoms with van der Waals surface area (Å²) in [7, 11) is 0. The number of carbonyl (C=O) groups excluding carboxylic acids is 1. The first-order chi connectivity index (χ1) is 15.1. The molecular weight excluding hydrogens is 454 g/mol. The average molecular weight is 472 g/mol. The summed E-state index contributed by atoms with van der Waals surface area (Å²) < 4.78 is 57.3. The van der Waals surface area contributed by atoms with Crippen LogP contribution in [0.2, 0.25) is 5.02 Å². The van der Waals surface area contributed by atoms with Crippen molar-refractivity contribution in [2.45, 2.75) is 26.1 Å². The number of nitrogens with zero attached hydrogens (tertiary/aromatic N) is 5. The van der Waals surface area contributed by atoms with Gasteiger partial charge in [-0.3, -0.25) is 4.79 Å². The van der Waals surface area contributed by atoms with Crippen molar-refractivity contribution in [3.05, 3.63) is 64.8 Å². The van der Waals surface area contributed by atoms with Crippen LogP contribution >= 0.6 is 11.6 Å². The molecule has 0 spiro atoms. The maximum atomic E-state index is 14.0. The molecule has 0 aliphatic rings. The van der Waals surface area contributed by atoms with E-state index in [1.165, 1.54) is 22.1 Å². The van der Waals surface area contributed by atoms with Gasteiger partial charge in [-0.15, -0.1) is 4.80 Å². The smallest absolute Gasteiger partial charge is 0.417 e. The molecule has 12 heteroatoms. The summed E-state index contributed by atoms with van der Waals surface area (Å²) in [5.74, 6) is -2.24. The van der Waals surface area contributed by atoms with E-state index in [2.05, 4.69) is 15.2 Å². The van der Waals surface area contributed by atoms with E-state index < -0.39 is 35.4 Å². The maximum absolute atomic E-state index is 14.0. The quantitative estimate of drug-likeness (QED) is 0.477. The highest BCUT2D eigenvalue weighted by molar-refractivity contribution is 6.33. The second kappa shape index (κ2) is 9.51. The highest BCUT2D eigenvalue weighted by Gasteiger charge is 2.32. The van der Waals surface area contributed by atoms with Gasteiger partial charge in [0, 0.05) is 12.7 Å². The molecule has 3 rings (SSSR count). The fourth-order valence-corrected chi connectivity index (χ4v) is 3.26. The molecule has 1 atom stereocenters. The molecule has 32 heavy (non-hydrogen) atoms. The Balaban J connectivity index is 1.78. The predicted octanol–water partition coefficient (Wildman–Crippen LogP) is 4.40. The molecule has 2 aromatic heterocycles. The van der Waals surface area contributed by atoms with Crippen LogP contribution in [-0.4, -0.2) is 50.0 Å². The molecule has 1 amide bonds. The standard InChI is InChI=1S/C20H18ClF4N5O2/c1-3-29(12(2)11-32-18-16(22)9-13(10-26-18)20(23,24)25)19(31)14-5-4-6-15(21)17(14)30-27-7-8-28-30/h4-10,12H,3,11H2,1-2H3/t12-/m0/s1. The van der Waals surface area contributed by atoms with Crippen molar-refractivity contribution in [1.29, 1.82) is 0 Å². The monoisotopic (exact) mass is 471 g/mol. The molecule has 0 saturated heterocycles. The van der Waals surface area contributed by atoms with Crippen molar-refractivity contribution < 1.29 is 27.1 Å². The van der Waals surface area contributed by atoms with Crippen LogP contribution in [0.5, 0.6) is 5.88 Å². The summed E-state index contributed by atoms with van der Waals surface area (Å²) in [6.45, 7) is 3.46. The van der Waals surface area contributed by atoms with E-state index in [1.54, 1.807) is 32.0 Å². The number of amides is 1. The van der Waals surface area contributed by atoms with Gasteiger partial charge in [0.1, 0.15) is 12.3 Å². The summed E-state index contributed by atoms with van der Waals surface area (Å²) in [6, 6.07) is 4.51. The second-order valence-electron chi connectivity index (χ2n) is 6.71. The fraction of sp³-hybridized carbons (Fsp3) is 0.300. The third kappa shape index (κ3) is 4.98. The molecule has 0 unspecified atom stereocenters. The number of rotatable bonds is 7. The lowest BCUT2D eigenvalue weighted by molar-refractivity contribution is -0.138. The van der Waals surface area contributed by atoms with Crippen LogP contribution in [0.1, 0.15) is 29.8 Å². The lowest BCUT2D eigenvalue weighted by Crippen LogP contribution is -2.42. The number of aromatic nitrogens is 4. The Morgan fingerprint density at radius 2 is 1.97 bits per heavy atom. The van der Waals surface area contributed by atoms with Crippen molar-refractivity contribution in [3.63, 3.8) is 0 Å². The number of alkyl halides is 3. The molecule has 0 fully saturated rings. The van der Waals surface area contributed by atoms with Crippen LogP contribution in [0.15, 0.2) is 42.9 Å². The van der Waals surface area contributed by atoms with Crippen LogP contribution in [-0.2, 0) is 6.18 Å². The van der Waals surface area contributed by atoms with Crippen LogP contribution < -0.4 is 4.74 Å². The zero-order valence-corrected chi connectivity index (χ0v) is 17.7. The van der Waals surface area contributed by atoms with E-state index in [4.69, 9.17) is 16.3 Å². The van der Waals surface area contributed by atoms with Gasteiger partial charge in [-0.2, -0.15) is 23.4 Å². The van der Waals surface area contributed by atoms with E-state index >= 15 is 0 Å². The molecule has 0 saturated carbocycles. The normalized spacial score (nSPS) is 12.5. The molecule has 0 radical (unpaired) electrons. The Morgan fingerprint density at radius 1 is 1.28 bits per heavy atom. The molecule has 1 aromatic carbocycles. The predicted molar refractivity (Wildman–Crippen MR) is 107 cm³/mol. The van der Waals surface area contributed by atoms with Crippen molar-refractivity contribution in [1.82, 2.24) is 24.9 Å². The zero-order chi connectivity index (χ0) is 23.5. The molecule has 3 aromatic rings. The van der Waals surface area contributed by atoms with E-state index in [0.29, 0.717) is 18.0 Å². The lowest BCUT2D eigenvalue weighted by Gasteiger charge is -2.28. The maximum Gasteiger partial charge on any atom is 0.417 e. The largest absolute Gasteiger partial charge is 0.473 e. The van der Waals surface area contributed by atoms with Gasteiger partial charge in [0.2, 0.25) is 5.88 Å². The third-order valence-electron chi connectivity index (χ3n) is 4.57. The summed E-state index contributed by atoms with van der Waals surface area (Å²) in [5, 5.41) is 8.32. The number of benzene rings is 1. The Bertz CT molecular complexity index is 1090. The van der Waals surface area contributed by atoms with Crippen LogP contribution in [0.3, 0.4) is 0 Å². The van der Waals surface area contributed by atoms with Gasteiger partial charge in [0.25, 0.3) is 5.91 Å². The van der Waals surface area contributed by atoms with Gasteiger partial charge < -0.3 is 9.64 Å². The highest BCUT2D eigenvalue weighted by atomic mass is 35.5. The first-order valence-corrected chi connectivity index (χ1v) is 9.83. The first kappa shape index (κ1) is 23.5. The minimum Gasteiger partial charge on any atom is -0.473 e. The molecule has 0 bridgehead atoms. The highest BCUT2D eigenvalue weighted by Crippen LogP contribution is 2.31. The van der Waals surface area contributed by atoms with E-state index in [-0.39, 0.29) is 23.7 Å². The number of halogens is 5. The average Bonchev–Trinajstić information content (AvgIpc) is 3.26. The van der Waals surface area contributed by atoms with E-state index in [0.717, 1.165) is 0 Å². The molecule has 0 aliphatic carbocycles. The van der Waals surface area contributed by atoms with Gasteiger partial charge in [-0.25, -0.2) is 9.37 Å². The lowest BCUT2D eigenvalue weighted by atomic mass is 10.1. The Labute approximate surface area is 185 Å². The van der Waals surface area contributed by atoms with Gasteiger partial charge >= 0.3 is 6.18 Å². The molecule has 2 heterocycles. The van der Waals surface area contributed by atoms with Gasteiger partial charge in [-0.1, -0.05) is 17.7 Å². The fourth-order valence-electron chi connectivity index (χ4n) is 3.01. The van der Waals surface area contributed by atoms with Crippen molar-refractivity contribution in [2.24, 2.45) is 0 Å². The number of para-hydroxylation sites is 1. The Hall–Kier alpha value is -3.21.